The van der Waals surface area contributed by atoms with Gasteiger partial charge in [0.1, 0.15) is 12.4 Å². The van der Waals surface area contributed by atoms with Crippen molar-refractivity contribution in [1.82, 2.24) is 15.3 Å². The average molecular weight is 287 g/mol. The summed E-state index contributed by atoms with van der Waals surface area (Å²) in [6.45, 7) is 6.18. The van der Waals surface area contributed by atoms with Gasteiger partial charge in [-0.1, -0.05) is 19.1 Å². The molecular weight excluding hydrogens is 266 g/mol. The molecule has 21 heavy (non-hydrogen) atoms. The minimum Gasteiger partial charge on any atom is -0.497 e. The minimum absolute atomic E-state index is 0.406. The van der Waals surface area contributed by atoms with Gasteiger partial charge in [-0.05, 0) is 31.2 Å². The molecule has 2 rings (SSSR count). The molecule has 1 N–H and O–H groups in total. The molecule has 5 heteroatoms. The number of nitrogens with zero attached hydrogens (tertiary/aromatic N) is 2. The van der Waals surface area contributed by atoms with Gasteiger partial charge in [0.15, 0.2) is 0 Å². The van der Waals surface area contributed by atoms with Crippen LogP contribution in [0.2, 0.25) is 0 Å². The summed E-state index contributed by atoms with van der Waals surface area (Å²) in [5, 5.41) is 3.26. The first-order chi connectivity index (χ1) is 10.2. The van der Waals surface area contributed by atoms with E-state index in [9.17, 15) is 0 Å². The smallest absolute Gasteiger partial charge is 0.316 e. The third kappa shape index (κ3) is 4.43. The van der Waals surface area contributed by atoms with E-state index in [0.717, 1.165) is 35.7 Å². The van der Waals surface area contributed by atoms with Crippen molar-refractivity contribution in [2.24, 2.45) is 0 Å². The third-order valence-corrected chi connectivity index (χ3v) is 3.15. The van der Waals surface area contributed by atoms with Gasteiger partial charge in [-0.2, -0.15) is 0 Å². The summed E-state index contributed by atoms with van der Waals surface area (Å²) in [5.74, 6) is 0.832. The molecule has 1 aromatic carbocycles. The zero-order valence-electron chi connectivity index (χ0n) is 12.7. The van der Waals surface area contributed by atoms with Crippen molar-refractivity contribution >= 4 is 0 Å². The Morgan fingerprint density at radius 3 is 2.57 bits per heavy atom. The maximum atomic E-state index is 5.62. The van der Waals surface area contributed by atoms with Crippen LogP contribution in [0.5, 0.6) is 11.8 Å². The Kier molecular flexibility index (Phi) is 5.51. The fourth-order valence-corrected chi connectivity index (χ4v) is 1.84. The van der Waals surface area contributed by atoms with Crippen molar-refractivity contribution in [3.8, 4) is 11.8 Å². The third-order valence-electron chi connectivity index (χ3n) is 3.15. The van der Waals surface area contributed by atoms with E-state index in [0.29, 0.717) is 12.6 Å². The van der Waals surface area contributed by atoms with E-state index in [1.807, 2.05) is 37.4 Å². The van der Waals surface area contributed by atoms with Crippen LogP contribution in [-0.2, 0) is 13.2 Å². The molecule has 1 aromatic heterocycles. The van der Waals surface area contributed by atoms with E-state index in [-0.39, 0.29) is 0 Å². The van der Waals surface area contributed by atoms with Gasteiger partial charge in [0.2, 0.25) is 0 Å². The minimum atomic E-state index is 0.406. The van der Waals surface area contributed by atoms with Crippen LogP contribution in [-0.4, -0.2) is 23.6 Å². The molecule has 0 aliphatic heterocycles. The molecule has 0 amide bonds. The van der Waals surface area contributed by atoms with E-state index < -0.39 is 0 Å². The second-order valence-electron chi connectivity index (χ2n) is 4.68. The molecule has 0 fully saturated rings. The first kappa shape index (κ1) is 15.3. The highest BCUT2D eigenvalue weighted by molar-refractivity contribution is 5.27. The quantitative estimate of drug-likeness (QED) is 0.848. The lowest BCUT2D eigenvalue weighted by atomic mass is 10.2. The molecule has 0 aliphatic carbocycles. The lowest BCUT2D eigenvalue weighted by Gasteiger charge is -2.09. The van der Waals surface area contributed by atoms with Crippen LogP contribution in [0.1, 0.15) is 23.7 Å². The van der Waals surface area contributed by atoms with Gasteiger partial charge in [-0.25, -0.2) is 9.97 Å². The number of aromatic nitrogens is 2. The Morgan fingerprint density at radius 2 is 1.95 bits per heavy atom. The molecule has 0 spiro atoms. The number of hydrogen-bond acceptors (Lipinski definition) is 5. The summed E-state index contributed by atoms with van der Waals surface area (Å²) >= 11 is 0. The monoisotopic (exact) mass is 287 g/mol. The summed E-state index contributed by atoms with van der Waals surface area (Å²) < 4.78 is 10.7. The summed E-state index contributed by atoms with van der Waals surface area (Å²) in [7, 11) is 1.65. The summed E-state index contributed by atoms with van der Waals surface area (Å²) in [6, 6.07) is 8.15. The van der Waals surface area contributed by atoms with Crippen molar-refractivity contribution in [3.05, 3.63) is 47.3 Å². The fourth-order valence-electron chi connectivity index (χ4n) is 1.84. The highest BCUT2D eigenvalue weighted by Gasteiger charge is 2.04. The van der Waals surface area contributed by atoms with Gasteiger partial charge in [0, 0.05) is 24.0 Å². The average Bonchev–Trinajstić information content (AvgIpc) is 2.52. The van der Waals surface area contributed by atoms with Crippen LogP contribution < -0.4 is 14.8 Å². The van der Waals surface area contributed by atoms with Gasteiger partial charge >= 0.3 is 6.01 Å². The van der Waals surface area contributed by atoms with Crippen LogP contribution in [0.3, 0.4) is 0 Å². The van der Waals surface area contributed by atoms with E-state index in [4.69, 9.17) is 9.47 Å². The van der Waals surface area contributed by atoms with Crippen LogP contribution in [0.4, 0.5) is 0 Å². The number of aryl methyl sites for hydroxylation is 1. The SMILES string of the molecule is CCNCc1cnc(OCc2ccc(OC)cc2)nc1C. The Morgan fingerprint density at radius 1 is 1.19 bits per heavy atom. The molecule has 0 saturated heterocycles. The molecule has 0 bridgehead atoms. The Balaban J connectivity index is 1.94. The van der Waals surface area contributed by atoms with E-state index >= 15 is 0 Å². The van der Waals surface area contributed by atoms with Gasteiger partial charge in [-0.15, -0.1) is 0 Å². The first-order valence-electron chi connectivity index (χ1n) is 7.02. The number of rotatable bonds is 7. The summed E-state index contributed by atoms with van der Waals surface area (Å²) in [5.41, 5.74) is 3.08. The fraction of sp³-hybridized carbons (Fsp3) is 0.375. The van der Waals surface area contributed by atoms with Crippen molar-refractivity contribution in [3.63, 3.8) is 0 Å². The number of nitrogens with one attached hydrogen (secondary N) is 1. The summed E-state index contributed by atoms with van der Waals surface area (Å²) in [4.78, 5) is 8.62. The van der Waals surface area contributed by atoms with Crippen molar-refractivity contribution in [1.29, 1.82) is 0 Å². The lowest BCUT2D eigenvalue weighted by Crippen LogP contribution is -2.14. The van der Waals surface area contributed by atoms with E-state index in [1.54, 1.807) is 7.11 Å². The molecule has 2 aromatic rings. The van der Waals surface area contributed by atoms with E-state index in [2.05, 4.69) is 22.2 Å². The highest BCUT2D eigenvalue weighted by atomic mass is 16.5. The van der Waals surface area contributed by atoms with Gasteiger partial charge in [-0.3, -0.25) is 0 Å². The predicted molar refractivity (Wildman–Crippen MR) is 81.5 cm³/mol. The van der Waals surface area contributed by atoms with Crippen LogP contribution >= 0.6 is 0 Å². The Labute approximate surface area is 125 Å². The maximum absolute atomic E-state index is 5.62. The van der Waals surface area contributed by atoms with Gasteiger partial charge < -0.3 is 14.8 Å². The van der Waals surface area contributed by atoms with Crippen LogP contribution in [0.25, 0.3) is 0 Å². The standard InChI is InChI=1S/C16H21N3O2/c1-4-17-9-14-10-18-16(19-12(14)2)21-11-13-5-7-15(20-3)8-6-13/h5-8,10,17H,4,9,11H2,1-3H3. The molecular formula is C16H21N3O2. The van der Waals surface area contributed by atoms with Crippen LogP contribution in [0, 0.1) is 6.92 Å². The maximum Gasteiger partial charge on any atom is 0.316 e. The first-order valence-corrected chi connectivity index (χ1v) is 7.02. The Bertz CT molecular complexity index is 570. The number of hydrogen-bond donors (Lipinski definition) is 1. The normalized spacial score (nSPS) is 10.4. The number of methoxy groups -OCH3 is 1. The molecule has 0 atom stereocenters. The van der Waals surface area contributed by atoms with Gasteiger partial charge in [0.05, 0.1) is 7.11 Å². The summed E-state index contributed by atoms with van der Waals surface area (Å²) in [6.07, 6.45) is 1.81. The zero-order chi connectivity index (χ0) is 15.1. The van der Waals surface area contributed by atoms with Crippen molar-refractivity contribution < 1.29 is 9.47 Å². The second-order valence-corrected chi connectivity index (χ2v) is 4.68. The zero-order valence-corrected chi connectivity index (χ0v) is 12.7. The van der Waals surface area contributed by atoms with Crippen LogP contribution in [0.15, 0.2) is 30.5 Å². The molecule has 0 radical (unpaired) electrons. The van der Waals surface area contributed by atoms with Crippen molar-refractivity contribution in [2.75, 3.05) is 13.7 Å². The van der Waals surface area contributed by atoms with Gasteiger partial charge in [0.25, 0.3) is 0 Å². The number of ether oxygens (including phenoxy) is 2. The topological polar surface area (TPSA) is 56.3 Å². The predicted octanol–water partition coefficient (Wildman–Crippen LogP) is 2.48. The lowest BCUT2D eigenvalue weighted by molar-refractivity contribution is 0.279. The highest BCUT2D eigenvalue weighted by Crippen LogP contribution is 2.14. The van der Waals surface area contributed by atoms with E-state index in [1.165, 1.54) is 0 Å². The molecule has 1 heterocycles. The van der Waals surface area contributed by atoms with Crippen molar-refractivity contribution in [2.45, 2.75) is 27.0 Å². The Hall–Kier alpha value is -2.14. The second kappa shape index (κ2) is 7.59. The molecule has 0 aliphatic rings. The molecule has 5 nitrogen and oxygen atoms in total. The molecule has 0 saturated carbocycles. The molecule has 0 unspecified atom stereocenters. The number of benzene rings is 1. The molecule has 112 valence electrons. The largest absolute Gasteiger partial charge is 0.497 e.